The van der Waals surface area contributed by atoms with Gasteiger partial charge in [0.1, 0.15) is 17.9 Å². The van der Waals surface area contributed by atoms with Crippen molar-refractivity contribution in [3.05, 3.63) is 42.0 Å². The third kappa shape index (κ3) is 4.40. The van der Waals surface area contributed by atoms with Crippen molar-refractivity contribution in [3.63, 3.8) is 0 Å². The molecule has 0 radical (unpaired) electrons. The first-order valence-corrected chi connectivity index (χ1v) is 9.07. The third-order valence-electron chi connectivity index (χ3n) is 5.03. The first-order valence-electron chi connectivity index (χ1n) is 9.07. The van der Waals surface area contributed by atoms with Crippen molar-refractivity contribution in [2.45, 2.75) is 38.2 Å². The summed E-state index contributed by atoms with van der Waals surface area (Å²) in [7, 11) is 1.90. The number of benzene rings is 1. The molecule has 1 aliphatic carbocycles. The Kier molecular flexibility index (Phi) is 5.88. The van der Waals surface area contributed by atoms with E-state index in [0.717, 1.165) is 18.7 Å². The van der Waals surface area contributed by atoms with E-state index in [-0.39, 0.29) is 24.3 Å². The van der Waals surface area contributed by atoms with E-state index in [2.05, 4.69) is 22.4 Å². The average Bonchev–Trinajstić information content (AvgIpc) is 3.23. The monoisotopic (exact) mass is 358 g/mol. The van der Waals surface area contributed by atoms with Crippen LogP contribution in [0.2, 0.25) is 0 Å². The van der Waals surface area contributed by atoms with Crippen LogP contribution < -0.4 is 10.1 Å². The molecule has 26 heavy (non-hydrogen) atoms. The van der Waals surface area contributed by atoms with Gasteiger partial charge in [0.15, 0.2) is 6.61 Å². The summed E-state index contributed by atoms with van der Waals surface area (Å²) in [5, 5.41) is 21.2. The van der Waals surface area contributed by atoms with Crippen molar-refractivity contribution in [2.24, 2.45) is 13.0 Å². The van der Waals surface area contributed by atoms with Crippen LogP contribution >= 0.6 is 0 Å². The lowest BCUT2D eigenvalue weighted by Crippen LogP contribution is -2.35. The summed E-state index contributed by atoms with van der Waals surface area (Å²) >= 11 is 0. The van der Waals surface area contributed by atoms with E-state index in [9.17, 15) is 9.90 Å². The van der Waals surface area contributed by atoms with Crippen LogP contribution in [0.1, 0.15) is 37.1 Å². The molecule has 0 bridgehead atoms. The zero-order chi connectivity index (χ0) is 18.5. The fraction of sp³-hybridized carbons (Fsp3) is 0.526. The summed E-state index contributed by atoms with van der Waals surface area (Å²) in [5.74, 6) is 1.58. The molecule has 3 rings (SSSR count). The number of aliphatic hydroxyl groups is 1. The first-order chi connectivity index (χ1) is 12.6. The number of aryl methyl sites for hydroxylation is 2. The molecule has 1 aromatic carbocycles. The van der Waals surface area contributed by atoms with Crippen LogP contribution in [0.3, 0.4) is 0 Å². The quantitative estimate of drug-likeness (QED) is 0.781. The number of nitrogens with one attached hydrogen (secondary N) is 1. The highest BCUT2D eigenvalue weighted by Crippen LogP contribution is 2.37. The molecular weight excluding hydrogens is 332 g/mol. The number of aliphatic hydroxyl groups excluding tert-OH is 1. The minimum Gasteiger partial charge on any atom is -0.484 e. The zero-order valence-corrected chi connectivity index (χ0v) is 15.3. The molecule has 1 saturated carbocycles. The van der Waals surface area contributed by atoms with Crippen molar-refractivity contribution in [2.75, 3.05) is 13.2 Å². The number of ether oxygens (including phenoxy) is 1. The Morgan fingerprint density at radius 3 is 2.77 bits per heavy atom. The molecule has 3 atom stereocenters. The van der Waals surface area contributed by atoms with E-state index < -0.39 is 6.10 Å². The van der Waals surface area contributed by atoms with E-state index in [1.165, 1.54) is 5.56 Å². The molecule has 0 saturated heterocycles. The number of amides is 1. The van der Waals surface area contributed by atoms with E-state index in [1.54, 1.807) is 6.33 Å². The van der Waals surface area contributed by atoms with Crippen LogP contribution in [0.4, 0.5) is 0 Å². The minimum atomic E-state index is -0.445. The van der Waals surface area contributed by atoms with Gasteiger partial charge >= 0.3 is 0 Å². The average molecular weight is 358 g/mol. The Hall–Kier alpha value is -2.41. The molecule has 0 aliphatic heterocycles. The van der Waals surface area contributed by atoms with Gasteiger partial charge in [0.05, 0.1) is 6.10 Å². The second-order valence-corrected chi connectivity index (χ2v) is 6.89. The minimum absolute atomic E-state index is 0.0180. The van der Waals surface area contributed by atoms with Gasteiger partial charge in [0.2, 0.25) is 0 Å². The maximum Gasteiger partial charge on any atom is 0.257 e. The molecule has 140 valence electrons. The molecule has 0 spiro atoms. The van der Waals surface area contributed by atoms with Gasteiger partial charge in [0, 0.05) is 25.4 Å². The Morgan fingerprint density at radius 1 is 1.35 bits per heavy atom. The number of nitrogens with zero attached hydrogens (tertiary/aromatic N) is 3. The zero-order valence-electron chi connectivity index (χ0n) is 15.3. The van der Waals surface area contributed by atoms with Gasteiger partial charge < -0.3 is 19.7 Å². The van der Waals surface area contributed by atoms with E-state index in [0.29, 0.717) is 18.7 Å². The molecule has 2 aromatic rings. The van der Waals surface area contributed by atoms with Crippen LogP contribution in [0.15, 0.2) is 30.6 Å². The van der Waals surface area contributed by atoms with Gasteiger partial charge in [-0.15, -0.1) is 10.2 Å². The molecule has 1 aliphatic rings. The van der Waals surface area contributed by atoms with Crippen molar-refractivity contribution >= 4 is 5.91 Å². The Morgan fingerprint density at radius 2 is 2.12 bits per heavy atom. The molecule has 1 aromatic heterocycles. The standard InChI is InChI=1S/C19H26N4O3/c1-3-13-4-6-16(7-5-13)26-11-18(25)20-10-15-8-14(9-17(15)24)19-22-21-12-23(19)2/h4-7,12,14-15,17,24H,3,8-11H2,1-2H3,(H,20,25)/t14-,15+,17+/m0/s1. The number of rotatable bonds is 7. The molecule has 7 nitrogen and oxygen atoms in total. The summed E-state index contributed by atoms with van der Waals surface area (Å²) in [6.45, 7) is 2.50. The van der Waals surface area contributed by atoms with Gasteiger partial charge in [-0.2, -0.15) is 0 Å². The van der Waals surface area contributed by atoms with E-state index >= 15 is 0 Å². The van der Waals surface area contributed by atoms with Crippen LogP contribution in [-0.2, 0) is 18.3 Å². The lowest BCUT2D eigenvalue weighted by molar-refractivity contribution is -0.123. The molecule has 1 amide bonds. The maximum atomic E-state index is 12.0. The summed E-state index contributed by atoms with van der Waals surface area (Å²) in [5.41, 5.74) is 1.23. The number of carbonyl (C=O) groups excluding carboxylic acids is 1. The Labute approximate surface area is 153 Å². The van der Waals surface area contributed by atoms with Crippen molar-refractivity contribution in [3.8, 4) is 5.75 Å². The lowest BCUT2D eigenvalue weighted by atomic mass is 10.0. The molecular formula is C19H26N4O3. The van der Waals surface area contributed by atoms with Gasteiger partial charge in [-0.05, 0) is 37.0 Å². The van der Waals surface area contributed by atoms with Crippen LogP contribution in [0.5, 0.6) is 5.75 Å². The molecule has 2 N–H and O–H groups in total. The lowest BCUT2D eigenvalue weighted by Gasteiger charge is -2.15. The molecule has 1 fully saturated rings. The van der Waals surface area contributed by atoms with E-state index in [1.807, 2.05) is 35.9 Å². The fourth-order valence-corrected chi connectivity index (χ4v) is 3.46. The van der Waals surface area contributed by atoms with Gasteiger partial charge in [-0.3, -0.25) is 4.79 Å². The Balaban J connectivity index is 1.43. The van der Waals surface area contributed by atoms with Crippen molar-refractivity contribution in [1.82, 2.24) is 20.1 Å². The topological polar surface area (TPSA) is 89.3 Å². The van der Waals surface area contributed by atoms with Crippen LogP contribution in [0, 0.1) is 5.92 Å². The maximum absolute atomic E-state index is 12.0. The number of hydrogen-bond donors (Lipinski definition) is 2. The van der Waals surface area contributed by atoms with Crippen molar-refractivity contribution < 1.29 is 14.6 Å². The number of aromatic nitrogens is 3. The van der Waals surface area contributed by atoms with Crippen molar-refractivity contribution in [1.29, 1.82) is 0 Å². The third-order valence-corrected chi connectivity index (χ3v) is 5.03. The van der Waals surface area contributed by atoms with Gasteiger partial charge in [-0.25, -0.2) is 0 Å². The van der Waals surface area contributed by atoms with E-state index in [4.69, 9.17) is 4.74 Å². The van der Waals surface area contributed by atoms with Gasteiger partial charge in [-0.1, -0.05) is 19.1 Å². The first kappa shape index (κ1) is 18.4. The largest absolute Gasteiger partial charge is 0.484 e. The highest BCUT2D eigenvalue weighted by Gasteiger charge is 2.35. The summed E-state index contributed by atoms with van der Waals surface area (Å²) < 4.78 is 7.39. The summed E-state index contributed by atoms with van der Waals surface area (Å²) in [6.07, 6.45) is 3.63. The predicted molar refractivity (Wildman–Crippen MR) is 96.8 cm³/mol. The highest BCUT2D eigenvalue weighted by molar-refractivity contribution is 5.77. The number of hydrogen-bond acceptors (Lipinski definition) is 5. The normalized spacial score (nSPS) is 22.3. The number of carbonyl (C=O) groups is 1. The van der Waals surface area contributed by atoms with Crippen LogP contribution in [-0.4, -0.2) is 45.0 Å². The SMILES string of the molecule is CCc1ccc(OCC(=O)NC[C@H]2C[C@H](c3nncn3C)C[C@H]2O)cc1. The Bertz CT molecular complexity index is 729. The predicted octanol–water partition coefficient (Wildman–Crippen LogP) is 1.43. The van der Waals surface area contributed by atoms with Crippen LogP contribution in [0.25, 0.3) is 0 Å². The molecule has 0 unspecified atom stereocenters. The summed E-state index contributed by atoms with van der Waals surface area (Å²) in [4.78, 5) is 12.0. The second kappa shape index (κ2) is 8.31. The summed E-state index contributed by atoms with van der Waals surface area (Å²) in [6, 6.07) is 7.74. The molecule has 1 heterocycles. The van der Waals surface area contributed by atoms with Gasteiger partial charge in [0.25, 0.3) is 5.91 Å². The highest BCUT2D eigenvalue weighted by atomic mass is 16.5. The fourth-order valence-electron chi connectivity index (χ4n) is 3.46. The molecule has 7 heteroatoms. The second-order valence-electron chi connectivity index (χ2n) is 6.89. The smallest absolute Gasteiger partial charge is 0.257 e.